The van der Waals surface area contributed by atoms with Gasteiger partial charge >= 0.3 is 5.97 Å². The number of ether oxygens (including phenoxy) is 1. The van der Waals surface area contributed by atoms with Gasteiger partial charge in [-0.2, -0.15) is 0 Å². The molecule has 1 aromatic heterocycles. The van der Waals surface area contributed by atoms with Crippen molar-refractivity contribution in [3.8, 4) is 0 Å². The van der Waals surface area contributed by atoms with E-state index in [-0.39, 0.29) is 30.7 Å². The average molecular weight is 544 g/mol. The fourth-order valence-electron chi connectivity index (χ4n) is 4.48. The number of esters is 1. The molecule has 2 N–H and O–H groups in total. The van der Waals surface area contributed by atoms with Crippen LogP contribution >= 0.6 is 11.6 Å². The van der Waals surface area contributed by atoms with Gasteiger partial charge < -0.3 is 15.0 Å². The third kappa shape index (κ3) is 5.44. The van der Waals surface area contributed by atoms with E-state index >= 15 is 0 Å². The predicted octanol–water partition coefficient (Wildman–Crippen LogP) is 3.36. The van der Waals surface area contributed by atoms with Crippen molar-refractivity contribution in [2.75, 3.05) is 13.2 Å². The van der Waals surface area contributed by atoms with E-state index in [9.17, 15) is 24.0 Å². The van der Waals surface area contributed by atoms with Crippen LogP contribution in [0.25, 0.3) is 10.9 Å². The number of H-pyrrole nitrogens is 1. The van der Waals surface area contributed by atoms with E-state index in [1.165, 1.54) is 18.2 Å². The topological polar surface area (TPSA) is 126 Å². The van der Waals surface area contributed by atoms with Gasteiger partial charge in [-0.15, -0.1) is 0 Å². The summed E-state index contributed by atoms with van der Waals surface area (Å²) in [7, 11) is 0. The Bertz CT molecular complexity index is 1630. The van der Waals surface area contributed by atoms with E-state index in [4.69, 9.17) is 16.3 Å². The van der Waals surface area contributed by atoms with Crippen molar-refractivity contribution in [1.82, 2.24) is 15.2 Å². The van der Waals surface area contributed by atoms with Crippen LogP contribution in [0, 0.1) is 0 Å². The van der Waals surface area contributed by atoms with Gasteiger partial charge in [0.05, 0.1) is 17.7 Å². The number of nitrogens with zero attached hydrogens (tertiary/aromatic N) is 1. The van der Waals surface area contributed by atoms with Crippen molar-refractivity contribution in [1.29, 1.82) is 0 Å². The Kier molecular flexibility index (Phi) is 7.25. The SMILES string of the molecule is O=C(NC(Cc1cc(=O)[nH]c2ccccc12)C(=O)OCCN1C(=O)c2ccccc2C1=O)c1ccc(Cl)cc1. The number of hydrogen-bond donors (Lipinski definition) is 2. The third-order valence-corrected chi connectivity index (χ3v) is 6.65. The highest BCUT2D eigenvalue weighted by atomic mass is 35.5. The molecule has 39 heavy (non-hydrogen) atoms. The fourth-order valence-corrected chi connectivity index (χ4v) is 4.61. The highest BCUT2D eigenvalue weighted by Gasteiger charge is 2.35. The number of hydrogen-bond acceptors (Lipinski definition) is 6. The number of aromatic amines is 1. The summed E-state index contributed by atoms with van der Waals surface area (Å²) in [5.74, 6) is -2.25. The lowest BCUT2D eigenvalue weighted by atomic mass is 10.0. The molecule has 4 aromatic rings. The Balaban J connectivity index is 1.34. The molecule has 0 spiro atoms. The number of aromatic nitrogens is 1. The van der Waals surface area contributed by atoms with Crippen molar-refractivity contribution >= 4 is 46.2 Å². The lowest BCUT2D eigenvalue weighted by molar-refractivity contribution is -0.146. The Labute approximate surface area is 227 Å². The molecule has 0 saturated carbocycles. The number of para-hydroxylation sites is 1. The first-order valence-electron chi connectivity index (χ1n) is 12.1. The van der Waals surface area contributed by atoms with E-state index in [0.29, 0.717) is 32.6 Å². The fraction of sp³-hybridized carbons (Fsp3) is 0.138. The number of rotatable bonds is 8. The molecule has 9 nitrogen and oxygen atoms in total. The summed E-state index contributed by atoms with van der Waals surface area (Å²) in [6.07, 6.45) is -0.0321. The molecular weight excluding hydrogens is 522 g/mol. The second kappa shape index (κ2) is 10.9. The quantitative estimate of drug-likeness (QED) is 0.259. The van der Waals surface area contributed by atoms with Gasteiger partial charge in [-0.05, 0) is 48.0 Å². The van der Waals surface area contributed by atoms with Gasteiger partial charge in [-0.1, -0.05) is 41.9 Å². The van der Waals surface area contributed by atoms with E-state index < -0.39 is 29.7 Å². The standard InChI is InChI=1S/C29H22ClN3O6/c30-19-11-9-17(10-12-19)26(35)32-24(15-18-16-25(34)31-23-8-4-3-5-20(18)23)29(38)39-14-13-33-27(36)21-6-1-2-7-22(21)28(33)37/h1-12,16,24H,13-15H2,(H,31,34)(H,32,35). The van der Waals surface area contributed by atoms with E-state index in [2.05, 4.69) is 10.3 Å². The van der Waals surface area contributed by atoms with Gasteiger partial charge in [0.2, 0.25) is 5.56 Å². The van der Waals surface area contributed by atoms with Gasteiger partial charge in [0.1, 0.15) is 12.6 Å². The monoisotopic (exact) mass is 543 g/mol. The van der Waals surface area contributed by atoms with Crippen LogP contribution in [0.4, 0.5) is 0 Å². The second-order valence-corrected chi connectivity index (χ2v) is 9.35. The first-order chi connectivity index (χ1) is 18.8. The zero-order valence-electron chi connectivity index (χ0n) is 20.5. The molecule has 1 aliphatic heterocycles. The zero-order valence-corrected chi connectivity index (χ0v) is 21.2. The summed E-state index contributed by atoms with van der Waals surface area (Å²) >= 11 is 5.92. The number of amides is 3. The van der Waals surface area contributed by atoms with Crippen molar-refractivity contribution in [2.24, 2.45) is 0 Å². The van der Waals surface area contributed by atoms with Crippen molar-refractivity contribution in [3.05, 3.63) is 116 Å². The van der Waals surface area contributed by atoms with Crippen LogP contribution in [0.1, 0.15) is 36.6 Å². The molecule has 196 valence electrons. The highest BCUT2D eigenvalue weighted by molar-refractivity contribution is 6.30. The van der Waals surface area contributed by atoms with Gasteiger partial charge in [0, 0.05) is 34.0 Å². The number of nitrogens with one attached hydrogen (secondary N) is 2. The number of benzene rings is 3. The lowest BCUT2D eigenvalue weighted by Gasteiger charge is -2.20. The zero-order chi connectivity index (χ0) is 27.5. The molecule has 1 aliphatic rings. The predicted molar refractivity (Wildman–Crippen MR) is 144 cm³/mol. The van der Waals surface area contributed by atoms with Crippen LogP contribution in [0.15, 0.2) is 83.7 Å². The largest absolute Gasteiger partial charge is 0.462 e. The number of imide groups is 1. The molecular formula is C29H22ClN3O6. The van der Waals surface area contributed by atoms with E-state index in [1.54, 1.807) is 60.7 Å². The first-order valence-corrected chi connectivity index (χ1v) is 12.5. The molecule has 0 saturated heterocycles. The first kappa shape index (κ1) is 25.9. The molecule has 0 bridgehead atoms. The highest BCUT2D eigenvalue weighted by Crippen LogP contribution is 2.22. The van der Waals surface area contributed by atoms with Crippen LogP contribution in [-0.4, -0.2) is 52.8 Å². The molecule has 1 atom stereocenters. The normalized spacial score (nSPS) is 13.3. The number of pyridine rings is 1. The summed E-state index contributed by atoms with van der Waals surface area (Å²) in [6.45, 7) is -0.419. The minimum atomic E-state index is -1.17. The molecule has 3 amide bonds. The van der Waals surface area contributed by atoms with Crippen LogP contribution in [-0.2, 0) is 16.0 Å². The third-order valence-electron chi connectivity index (χ3n) is 6.39. The molecule has 1 unspecified atom stereocenters. The summed E-state index contributed by atoms with van der Waals surface area (Å²) in [5, 5.41) is 3.84. The van der Waals surface area contributed by atoms with E-state index in [0.717, 1.165) is 4.90 Å². The number of carbonyl (C=O) groups is 4. The molecule has 5 rings (SSSR count). The summed E-state index contributed by atoms with van der Waals surface area (Å²) in [5.41, 5.74) is 1.63. The molecule has 3 aromatic carbocycles. The molecule has 0 radical (unpaired) electrons. The van der Waals surface area contributed by atoms with Crippen LogP contribution in [0.3, 0.4) is 0 Å². The van der Waals surface area contributed by atoms with Gasteiger partial charge in [-0.25, -0.2) is 4.79 Å². The maximum atomic E-state index is 13.2. The summed E-state index contributed by atoms with van der Waals surface area (Å²) in [6, 6.07) is 19.9. The van der Waals surface area contributed by atoms with Crippen molar-refractivity contribution in [2.45, 2.75) is 12.5 Å². The Hall–Kier alpha value is -4.76. The van der Waals surface area contributed by atoms with Crippen LogP contribution < -0.4 is 10.9 Å². The Morgan fingerprint density at radius 1 is 0.897 bits per heavy atom. The van der Waals surface area contributed by atoms with Gasteiger partial charge in [0.25, 0.3) is 17.7 Å². The Morgan fingerprint density at radius 2 is 1.54 bits per heavy atom. The maximum Gasteiger partial charge on any atom is 0.329 e. The molecule has 0 fully saturated rings. The average Bonchev–Trinajstić information content (AvgIpc) is 3.17. The number of fused-ring (bicyclic) bond motifs is 2. The second-order valence-electron chi connectivity index (χ2n) is 8.92. The smallest absolute Gasteiger partial charge is 0.329 e. The maximum absolute atomic E-state index is 13.2. The van der Waals surface area contributed by atoms with Crippen LogP contribution in [0.5, 0.6) is 0 Å². The number of halogens is 1. The van der Waals surface area contributed by atoms with Crippen LogP contribution in [0.2, 0.25) is 5.02 Å². The Morgan fingerprint density at radius 3 is 2.23 bits per heavy atom. The minimum Gasteiger partial charge on any atom is -0.462 e. The lowest BCUT2D eigenvalue weighted by Crippen LogP contribution is -2.44. The van der Waals surface area contributed by atoms with E-state index in [1.807, 2.05) is 0 Å². The van der Waals surface area contributed by atoms with Gasteiger partial charge in [0.15, 0.2) is 0 Å². The molecule has 0 aliphatic carbocycles. The summed E-state index contributed by atoms with van der Waals surface area (Å²) in [4.78, 5) is 67.4. The van der Waals surface area contributed by atoms with Crippen molar-refractivity contribution in [3.63, 3.8) is 0 Å². The molecule has 10 heteroatoms. The van der Waals surface area contributed by atoms with Crippen molar-refractivity contribution < 1.29 is 23.9 Å². The number of carbonyl (C=O) groups excluding carboxylic acids is 4. The minimum absolute atomic E-state index is 0.0321. The molecule has 2 heterocycles. The summed E-state index contributed by atoms with van der Waals surface area (Å²) < 4.78 is 5.43. The van der Waals surface area contributed by atoms with Gasteiger partial charge in [-0.3, -0.25) is 24.1 Å².